The number of likely N-dealkylation sites (tertiary alicyclic amines) is 1. The number of hydrogen-bond donors (Lipinski definition) is 1. The minimum Gasteiger partial charge on any atom is -0.395 e. The van der Waals surface area contributed by atoms with E-state index < -0.39 is 5.41 Å². The summed E-state index contributed by atoms with van der Waals surface area (Å²) in [4.78, 5) is 13.1. The van der Waals surface area contributed by atoms with Crippen LogP contribution in [0.1, 0.15) is 31.7 Å². The van der Waals surface area contributed by atoms with Crippen LogP contribution < -0.4 is 0 Å². The van der Waals surface area contributed by atoms with Gasteiger partial charge in [-0.15, -0.1) is 0 Å². The zero-order valence-electron chi connectivity index (χ0n) is 14.5. The molecular weight excluding hydrogens is 290 g/mol. The summed E-state index contributed by atoms with van der Waals surface area (Å²) in [5, 5.41) is 9.20. The molecule has 2 unspecified atom stereocenters. The minimum absolute atomic E-state index is 0.128. The number of aliphatic hydroxyl groups is 1. The van der Waals surface area contributed by atoms with Crippen LogP contribution in [0.15, 0.2) is 42.6 Å². The number of aliphatic hydroxyl groups excluding tert-OH is 1. The van der Waals surface area contributed by atoms with E-state index >= 15 is 0 Å². The molecule has 128 valence electrons. The second-order valence-corrected chi connectivity index (χ2v) is 5.99. The van der Waals surface area contributed by atoms with Crippen LogP contribution in [-0.4, -0.2) is 49.7 Å². The van der Waals surface area contributed by atoms with Crippen molar-refractivity contribution in [1.29, 1.82) is 0 Å². The molecule has 0 aliphatic carbocycles. The second kappa shape index (κ2) is 9.48. The number of nitrogens with zero attached hydrogens (tertiary/aromatic N) is 1. The maximum atomic E-state index is 10.9. The molecule has 1 heterocycles. The fourth-order valence-corrected chi connectivity index (χ4v) is 2.58. The van der Waals surface area contributed by atoms with Crippen LogP contribution >= 0.6 is 0 Å². The number of hydrogen-bond acceptors (Lipinski definition) is 4. The zero-order valence-corrected chi connectivity index (χ0v) is 14.5. The number of aldehydes is 1. The summed E-state index contributed by atoms with van der Waals surface area (Å²) in [6.07, 6.45) is 3.99. The van der Waals surface area contributed by atoms with Gasteiger partial charge in [0, 0.05) is 32.8 Å². The van der Waals surface area contributed by atoms with Gasteiger partial charge in [0.2, 0.25) is 0 Å². The van der Waals surface area contributed by atoms with Crippen molar-refractivity contribution in [2.24, 2.45) is 0 Å². The van der Waals surface area contributed by atoms with E-state index in [0.717, 1.165) is 31.2 Å². The molecule has 0 bridgehead atoms. The molecule has 1 aliphatic rings. The number of benzene rings is 1. The molecule has 1 aliphatic heterocycles. The van der Waals surface area contributed by atoms with E-state index in [1.54, 1.807) is 7.11 Å². The lowest BCUT2D eigenvalue weighted by Gasteiger charge is -2.31. The van der Waals surface area contributed by atoms with Gasteiger partial charge in [-0.05, 0) is 18.4 Å². The second-order valence-electron chi connectivity index (χ2n) is 5.99. The fraction of sp³-hybridized carbons (Fsp3) is 0.526. The van der Waals surface area contributed by atoms with Crippen LogP contribution in [-0.2, 0) is 14.9 Å². The Hall–Kier alpha value is -1.65. The number of piperidine rings is 1. The fourth-order valence-electron chi connectivity index (χ4n) is 2.58. The molecule has 1 saturated heterocycles. The van der Waals surface area contributed by atoms with E-state index in [2.05, 4.69) is 18.5 Å². The Bertz CT molecular complexity index is 483. The molecule has 1 aromatic carbocycles. The summed E-state index contributed by atoms with van der Waals surface area (Å²) >= 11 is 0. The molecule has 0 aromatic heterocycles. The van der Waals surface area contributed by atoms with Crippen molar-refractivity contribution in [3.05, 3.63) is 48.2 Å². The smallest absolute Gasteiger partial charge is 0.132 e. The van der Waals surface area contributed by atoms with Gasteiger partial charge in [0.1, 0.15) is 6.29 Å². The van der Waals surface area contributed by atoms with Crippen molar-refractivity contribution in [2.45, 2.75) is 37.7 Å². The third kappa shape index (κ3) is 5.19. The van der Waals surface area contributed by atoms with Gasteiger partial charge in [-0.25, -0.2) is 0 Å². The highest BCUT2D eigenvalue weighted by Gasteiger charge is 2.28. The van der Waals surface area contributed by atoms with Crippen molar-refractivity contribution < 1.29 is 14.6 Å². The predicted octanol–water partition coefficient (Wildman–Crippen LogP) is 2.77. The number of carbonyl (C=O) groups excluding carboxylic acids is 1. The van der Waals surface area contributed by atoms with Crippen LogP contribution in [0, 0.1) is 0 Å². The molecule has 0 amide bonds. The molecule has 23 heavy (non-hydrogen) atoms. The highest BCUT2D eigenvalue weighted by Crippen LogP contribution is 2.24. The average Bonchev–Trinajstić information content (AvgIpc) is 2.61. The van der Waals surface area contributed by atoms with E-state index in [9.17, 15) is 9.90 Å². The first-order chi connectivity index (χ1) is 11.0. The van der Waals surface area contributed by atoms with Gasteiger partial charge in [0.15, 0.2) is 0 Å². The van der Waals surface area contributed by atoms with Gasteiger partial charge >= 0.3 is 0 Å². The topological polar surface area (TPSA) is 49.8 Å². The van der Waals surface area contributed by atoms with E-state index in [4.69, 9.17) is 4.74 Å². The van der Waals surface area contributed by atoms with Crippen LogP contribution in [0.5, 0.6) is 0 Å². The number of methoxy groups -OCH3 is 1. The van der Waals surface area contributed by atoms with Gasteiger partial charge in [0.25, 0.3) is 0 Å². The van der Waals surface area contributed by atoms with Crippen molar-refractivity contribution in [2.75, 3.05) is 27.3 Å². The quantitative estimate of drug-likeness (QED) is 0.848. The molecular formula is C19H29NO3. The minimum atomic E-state index is -0.707. The first-order valence-corrected chi connectivity index (χ1v) is 8.07. The summed E-state index contributed by atoms with van der Waals surface area (Å²) in [7, 11) is 3.84. The maximum Gasteiger partial charge on any atom is 0.132 e. The van der Waals surface area contributed by atoms with Crippen molar-refractivity contribution in [3.63, 3.8) is 0 Å². The zero-order chi connectivity index (χ0) is 17.3. The normalized spacial score (nSPS) is 20.3. The van der Waals surface area contributed by atoms with Gasteiger partial charge in [-0.3, -0.25) is 0 Å². The Balaban J connectivity index is 0.000000238. The monoisotopic (exact) mass is 319 g/mol. The lowest BCUT2D eigenvalue weighted by molar-refractivity contribution is -0.114. The Kier molecular flexibility index (Phi) is 8.00. The molecule has 1 aromatic rings. The third-order valence-electron chi connectivity index (χ3n) is 4.61. The largest absolute Gasteiger partial charge is 0.395 e. The Morgan fingerprint density at radius 1 is 1.43 bits per heavy atom. The van der Waals surface area contributed by atoms with Gasteiger partial charge in [-0.2, -0.15) is 0 Å². The molecule has 0 radical (unpaired) electrons. The lowest BCUT2D eigenvalue weighted by atomic mass is 9.80. The highest BCUT2D eigenvalue weighted by atomic mass is 16.5. The molecule has 4 heteroatoms. The first-order valence-electron chi connectivity index (χ1n) is 8.07. The number of rotatable bonds is 5. The van der Waals surface area contributed by atoms with Crippen LogP contribution in [0.3, 0.4) is 0 Å². The van der Waals surface area contributed by atoms with Crippen LogP contribution in [0.2, 0.25) is 0 Å². The Morgan fingerprint density at radius 2 is 2.09 bits per heavy atom. The van der Waals surface area contributed by atoms with E-state index in [0.29, 0.717) is 12.5 Å². The van der Waals surface area contributed by atoms with Gasteiger partial charge in [-0.1, -0.05) is 43.8 Å². The van der Waals surface area contributed by atoms with Gasteiger partial charge < -0.3 is 19.5 Å². The Morgan fingerprint density at radius 3 is 2.52 bits per heavy atom. The molecule has 2 atom stereocenters. The molecule has 4 nitrogen and oxygen atoms in total. The lowest BCUT2D eigenvalue weighted by Crippen LogP contribution is -2.31. The number of carbonyl (C=O) groups is 1. The molecule has 1 fully saturated rings. The first kappa shape index (κ1) is 19.4. The summed E-state index contributed by atoms with van der Waals surface area (Å²) in [5.74, 6) is 0. The summed E-state index contributed by atoms with van der Waals surface area (Å²) in [5.41, 5.74) is 1.37. The summed E-state index contributed by atoms with van der Waals surface area (Å²) in [6.45, 7) is 6.79. The molecule has 0 saturated carbocycles. The van der Waals surface area contributed by atoms with E-state index in [1.807, 2.05) is 37.3 Å². The summed E-state index contributed by atoms with van der Waals surface area (Å²) in [6, 6.07) is 9.38. The number of ether oxygens (including phenoxy) is 1. The predicted molar refractivity (Wildman–Crippen MR) is 93.4 cm³/mol. The van der Waals surface area contributed by atoms with Crippen LogP contribution in [0.4, 0.5) is 0 Å². The molecule has 2 rings (SSSR count). The SMILES string of the molecule is C=C1CC(OC)CCN1C.CCC(C=O)(CO)c1ccccc1. The van der Waals surface area contributed by atoms with Crippen molar-refractivity contribution in [3.8, 4) is 0 Å². The maximum absolute atomic E-state index is 10.9. The molecule has 0 spiro atoms. The van der Waals surface area contributed by atoms with Crippen LogP contribution in [0.25, 0.3) is 0 Å². The van der Waals surface area contributed by atoms with E-state index in [1.165, 1.54) is 5.70 Å². The van der Waals surface area contributed by atoms with Crippen molar-refractivity contribution in [1.82, 2.24) is 4.90 Å². The van der Waals surface area contributed by atoms with Crippen molar-refractivity contribution >= 4 is 6.29 Å². The van der Waals surface area contributed by atoms with E-state index in [-0.39, 0.29) is 6.61 Å². The highest BCUT2D eigenvalue weighted by molar-refractivity contribution is 5.68. The molecule has 1 N–H and O–H groups in total. The third-order valence-corrected chi connectivity index (χ3v) is 4.61. The Labute approximate surface area is 139 Å². The standard InChI is InChI=1S/C11H14O2.C8H15NO/c1-2-11(8-12,9-13)10-6-4-3-5-7-10;1-7-6-8(10-3)4-5-9(7)2/h3-8,13H,2,9H2,1H3;8H,1,4-6H2,2-3H3. The summed E-state index contributed by atoms with van der Waals surface area (Å²) < 4.78 is 5.22. The van der Waals surface area contributed by atoms with Gasteiger partial charge in [0.05, 0.1) is 18.1 Å². The average molecular weight is 319 g/mol.